The van der Waals surface area contributed by atoms with Crippen molar-refractivity contribution in [2.24, 2.45) is 0 Å². The zero-order valence-electron chi connectivity index (χ0n) is 7.79. The Kier molecular flexibility index (Phi) is 4.42. The third-order valence-corrected chi connectivity index (χ3v) is 2.83. The lowest BCUT2D eigenvalue weighted by Gasteiger charge is -2.00. The topological polar surface area (TPSA) is 23.8 Å². The molecule has 1 aromatic carbocycles. The van der Waals surface area contributed by atoms with Crippen molar-refractivity contribution in [3.8, 4) is 6.07 Å². The van der Waals surface area contributed by atoms with Gasteiger partial charge in [-0.1, -0.05) is 19.1 Å². The van der Waals surface area contributed by atoms with Crippen molar-refractivity contribution in [1.82, 2.24) is 0 Å². The van der Waals surface area contributed by atoms with Crippen LogP contribution in [0.3, 0.4) is 0 Å². The number of hydrogen-bond acceptors (Lipinski definition) is 2. The van der Waals surface area contributed by atoms with E-state index in [9.17, 15) is 0 Å². The first-order valence-electron chi connectivity index (χ1n) is 4.45. The first-order chi connectivity index (χ1) is 6.36. The van der Waals surface area contributed by atoms with Crippen molar-refractivity contribution in [1.29, 1.82) is 5.26 Å². The molecule has 0 spiro atoms. The van der Waals surface area contributed by atoms with Crippen LogP contribution in [0.5, 0.6) is 0 Å². The fourth-order valence-corrected chi connectivity index (χ4v) is 1.79. The van der Waals surface area contributed by atoms with Gasteiger partial charge >= 0.3 is 0 Å². The summed E-state index contributed by atoms with van der Waals surface area (Å²) in [5.74, 6) is 0.891. The predicted octanol–water partition coefficient (Wildman–Crippen LogP) is 3.25. The number of nitrogens with zero attached hydrogens (tertiary/aromatic N) is 1. The molecule has 0 aliphatic heterocycles. The van der Waals surface area contributed by atoms with Crippen molar-refractivity contribution in [3.63, 3.8) is 0 Å². The summed E-state index contributed by atoms with van der Waals surface area (Å²) in [6.07, 6.45) is 1.71. The van der Waals surface area contributed by atoms with Crippen LogP contribution in [-0.2, 0) is 6.42 Å². The summed E-state index contributed by atoms with van der Waals surface area (Å²) in [6.45, 7) is 2.15. The van der Waals surface area contributed by atoms with Gasteiger partial charge in [0.15, 0.2) is 0 Å². The number of nitriles is 1. The Bertz CT molecular complexity index is 284. The highest BCUT2D eigenvalue weighted by Gasteiger charge is 1.93. The van der Waals surface area contributed by atoms with E-state index in [-0.39, 0.29) is 0 Å². The summed E-state index contributed by atoms with van der Waals surface area (Å²) in [5.41, 5.74) is 1.37. The van der Waals surface area contributed by atoms with Crippen molar-refractivity contribution in [2.75, 3.05) is 5.75 Å². The molecule has 0 atom stereocenters. The van der Waals surface area contributed by atoms with Crippen LogP contribution in [-0.4, -0.2) is 5.75 Å². The molecule has 0 aliphatic rings. The van der Waals surface area contributed by atoms with Crippen molar-refractivity contribution in [3.05, 3.63) is 29.8 Å². The van der Waals surface area contributed by atoms with Crippen LogP contribution < -0.4 is 0 Å². The summed E-state index contributed by atoms with van der Waals surface area (Å²) < 4.78 is 0. The summed E-state index contributed by atoms with van der Waals surface area (Å²) in [7, 11) is 0. The maximum Gasteiger partial charge on any atom is 0.0630 e. The number of rotatable bonds is 4. The van der Waals surface area contributed by atoms with Gasteiger partial charge in [0.2, 0.25) is 0 Å². The maximum atomic E-state index is 8.36. The molecule has 1 aromatic rings. The molecule has 1 nitrogen and oxygen atoms in total. The van der Waals surface area contributed by atoms with Gasteiger partial charge in [-0.05, 0) is 24.1 Å². The van der Waals surface area contributed by atoms with Gasteiger partial charge in [-0.15, -0.1) is 11.8 Å². The summed E-state index contributed by atoms with van der Waals surface area (Å²) in [4.78, 5) is 1.26. The molecule has 0 radical (unpaired) electrons. The minimum atomic E-state index is 0.625. The number of benzene rings is 1. The first kappa shape index (κ1) is 10.1. The fraction of sp³-hybridized carbons (Fsp3) is 0.364. The second-order valence-corrected chi connectivity index (χ2v) is 3.92. The Morgan fingerprint density at radius 1 is 1.31 bits per heavy atom. The van der Waals surface area contributed by atoms with Gasteiger partial charge in [-0.2, -0.15) is 5.26 Å². The van der Waals surface area contributed by atoms with Crippen LogP contribution in [0.1, 0.15) is 18.9 Å². The minimum Gasteiger partial charge on any atom is -0.198 e. The molecule has 0 bridgehead atoms. The molecule has 13 heavy (non-hydrogen) atoms. The fourth-order valence-electron chi connectivity index (χ4n) is 1.04. The average Bonchev–Trinajstić information content (AvgIpc) is 2.19. The van der Waals surface area contributed by atoms with E-state index in [1.54, 1.807) is 11.8 Å². The van der Waals surface area contributed by atoms with Gasteiger partial charge in [0.05, 0.1) is 6.07 Å². The van der Waals surface area contributed by atoms with E-state index in [1.807, 2.05) is 0 Å². The maximum absolute atomic E-state index is 8.36. The molecule has 0 amide bonds. The Labute approximate surface area is 83.8 Å². The molecule has 1 rings (SSSR count). The molecule has 0 unspecified atom stereocenters. The van der Waals surface area contributed by atoms with Crippen molar-refractivity contribution >= 4 is 11.8 Å². The Morgan fingerprint density at radius 2 is 2.00 bits per heavy atom. The Balaban J connectivity index is 2.45. The van der Waals surface area contributed by atoms with Crippen LogP contribution in [0.25, 0.3) is 0 Å². The lowest BCUT2D eigenvalue weighted by atomic mass is 10.2. The van der Waals surface area contributed by atoms with Gasteiger partial charge in [0, 0.05) is 17.1 Å². The third-order valence-electron chi connectivity index (χ3n) is 1.81. The lowest BCUT2D eigenvalue weighted by molar-refractivity contribution is 1.13. The number of thioether (sulfide) groups is 1. The van der Waals surface area contributed by atoms with Gasteiger partial charge in [-0.3, -0.25) is 0 Å². The SMILES string of the molecule is CCc1ccc(SCCC#N)cc1. The van der Waals surface area contributed by atoms with E-state index in [0.717, 1.165) is 12.2 Å². The van der Waals surface area contributed by atoms with Crippen LogP contribution in [0.4, 0.5) is 0 Å². The predicted molar refractivity (Wildman–Crippen MR) is 56.8 cm³/mol. The zero-order chi connectivity index (χ0) is 9.52. The minimum absolute atomic E-state index is 0.625. The highest BCUT2D eigenvalue weighted by atomic mass is 32.2. The molecule has 0 N–H and O–H groups in total. The highest BCUT2D eigenvalue weighted by molar-refractivity contribution is 7.99. The average molecular weight is 191 g/mol. The van der Waals surface area contributed by atoms with E-state index in [1.165, 1.54) is 10.5 Å². The van der Waals surface area contributed by atoms with E-state index < -0.39 is 0 Å². The number of hydrogen-bond donors (Lipinski definition) is 0. The summed E-state index contributed by atoms with van der Waals surface area (Å²) >= 11 is 1.74. The van der Waals surface area contributed by atoms with Gasteiger partial charge in [0.25, 0.3) is 0 Å². The molecular weight excluding hydrogens is 178 g/mol. The molecule has 0 aliphatic carbocycles. The summed E-state index contributed by atoms with van der Waals surface area (Å²) in [6, 6.07) is 10.7. The monoisotopic (exact) mass is 191 g/mol. The van der Waals surface area contributed by atoms with Crippen molar-refractivity contribution < 1.29 is 0 Å². The van der Waals surface area contributed by atoms with Gasteiger partial charge < -0.3 is 0 Å². The quantitative estimate of drug-likeness (QED) is 0.539. The Morgan fingerprint density at radius 3 is 2.54 bits per heavy atom. The largest absolute Gasteiger partial charge is 0.198 e. The summed E-state index contributed by atoms with van der Waals surface area (Å²) in [5, 5.41) is 8.36. The van der Waals surface area contributed by atoms with E-state index in [2.05, 4.69) is 37.3 Å². The van der Waals surface area contributed by atoms with E-state index >= 15 is 0 Å². The number of aryl methyl sites for hydroxylation is 1. The molecule has 2 heteroatoms. The molecule has 68 valence electrons. The second-order valence-electron chi connectivity index (χ2n) is 2.75. The van der Waals surface area contributed by atoms with Crippen molar-refractivity contribution in [2.45, 2.75) is 24.7 Å². The van der Waals surface area contributed by atoms with Crippen LogP contribution in [0.2, 0.25) is 0 Å². The van der Waals surface area contributed by atoms with Gasteiger partial charge in [-0.25, -0.2) is 0 Å². The standard InChI is InChI=1S/C11H13NS/c1-2-10-4-6-11(7-5-10)13-9-3-8-12/h4-7H,2-3,9H2,1H3. The van der Waals surface area contributed by atoms with Crippen LogP contribution in [0, 0.1) is 11.3 Å². The highest BCUT2D eigenvalue weighted by Crippen LogP contribution is 2.18. The van der Waals surface area contributed by atoms with Crippen LogP contribution >= 0.6 is 11.8 Å². The third kappa shape index (κ3) is 3.52. The molecule has 0 heterocycles. The van der Waals surface area contributed by atoms with E-state index in [4.69, 9.17) is 5.26 Å². The Hall–Kier alpha value is -0.940. The van der Waals surface area contributed by atoms with Crippen LogP contribution in [0.15, 0.2) is 29.2 Å². The molecule has 0 saturated carbocycles. The second kappa shape index (κ2) is 5.66. The lowest BCUT2D eigenvalue weighted by Crippen LogP contribution is -1.80. The normalized spacial score (nSPS) is 9.54. The van der Waals surface area contributed by atoms with E-state index in [0.29, 0.717) is 6.42 Å². The molecule has 0 aromatic heterocycles. The molecule has 0 saturated heterocycles. The van der Waals surface area contributed by atoms with Gasteiger partial charge in [0.1, 0.15) is 0 Å². The smallest absolute Gasteiger partial charge is 0.0630 e. The molecule has 0 fully saturated rings. The first-order valence-corrected chi connectivity index (χ1v) is 5.44. The molecular formula is C11H13NS. The zero-order valence-corrected chi connectivity index (χ0v) is 8.60.